The van der Waals surface area contributed by atoms with Crippen LogP contribution in [0.15, 0.2) is 36.4 Å². The Labute approximate surface area is 338 Å². The topological polar surface area (TPSA) is 66.4 Å². The number of ether oxygens (including phenoxy) is 2. The van der Waals surface area contributed by atoms with E-state index >= 15 is 0 Å². The standard InChI is InChI=1S/C45H88O6Si3/c1-33(2)54(34(3)4,35(5)6)50-42(29-40(46)25-22-36(7)28-38(9)48-32-39-23-26-41(47-17)27-24-39)30-45(16,51-53(20,21)44(13,14)15)37(8)31-49-52(18,19)43(10,11)12/h22-27,33-38,40,42,46H,28-32H2,1-21H3/b25-22+/t36-,37-,38-,40?,42+,45+/m0/s1. The molecule has 0 radical (unpaired) electrons. The van der Waals surface area contributed by atoms with Crippen LogP contribution in [0.1, 0.15) is 136 Å². The molecule has 0 fully saturated rings. The van der Waals surface area contributed by atoms with Crippen LogP contribution in [0.2, 0.25) is 52.9 Å². The normalized spacial score (nSPS) is 17.9. The first-order chi connectivity index (χ1) is 24.4. The zero-order valence-electron chi connectivity index (χ0n) is 39.1. The highest BCUT2D eigenvalue weighted by Gasteiger charge is 2.50. The van der Waals surface area contributed by atoms with Crippen LogP contribution in [0.5, 0.6) is 5.75 Å². The Morgan fingerprint density at radius 2 is 1.20 bits per heavy atom. The molecule has 1 rings (SSSR count). The monoisotopic (exact) mass is 809 g/mol. The van der Waals surface area contributed by atoms with Crippen LogP contribution >= 0.6 is 0 Å². The van der Waals surface area contributed by atoms with Crippen molar-refractivity contribution >= 4 is 25.0 Å². The molecular formula is C45H88O6Si3. The summed E-state index contributed by atoms with van der Waals surface area (Å²) in [7, 11) is -4.81. The molecule has 316 valence electrons. The van der Waals surface area contributed by atoms with Crippen LogP contribution in [0.3, 0.4) is 0 Å². The van der Waals surface area contributed by atoms with Crippen molar-refractivity contribution in [3.63, 3.8) is 0 Å². The lowest BCUT2D eigenvalue weighted by molar-refractivity contribution is -0.0434. The summed E-state index contributed by atoms with van der Waals surface area (Å²) in [4.78, 5) is 0. The van der Waals surface area contributed by atoms with Gasteiger partial charge in [0, 0.05) is 25.4 Å². The largest absolute Gasteiger partial charge is 0.497 e. The van der Waals surface area contributed by atoms with Crippen LogP contribution in [0, 0.1) is 11.8 Å². The summed E-state index contributed by atoms with van der Waals surface area (Å²) in [6, 6.07) is 8.03. The van der Waals surface area contributed by atoms with Gasteiger partial charge in [0.05, 0.1) is 37.6 Å². The average Bonchev–Trinajstić information content (AvgIpc) is 3.02. The molecule has 0 aromatic heterocycles. The number of hydrogen-bond acceptors (Lipinski definition) is 6. The molecule has 0 aliphatic carbocycles. The zero-order chi connectivity index (χ0) is 42.1. The van der Waals surface area contributed by atoms with Gasteiger partial charge in [-0.1, -0.05) is 121 Å². The van der Waals surface area contributed by atoms with Crippen molar-refractivity contribution in [3.05, 3.63) is 42.0 Å². The Kier molecular flexibility index (Phi) is 19.7. The highest BCUT2D eigenvalue weighted by molar-refractivity contribution is 6.77. The van der Waals surface area contributed by atoms with Gasteiger partial charge in [-0.05, 0) is 96.8 Å². The molecular weight excluding hydrogens is 721 g/mol. The maximum atomic E-state index is 11.8. The predicted molar refractivity (Wildman–Crippen MR) is 240 cm³/mol. The van der Waals surface area contributed by atoms with Crippen molar-refractivity contribution in [1.29, 1.82) is 0 Å². The summed E-state index contributed by atoms with van der Waals surface area (Å²) >= 11 is 0. The lowest BCUT2D eigenvalue weighted by Gasteiger charge is -2.51. The second-order valence-corrected chi connectivity index (χ2v) is 35.7. The van der Waals surface area contributed by atoms with Gasteiger partial charge in [0.1, 0.15) is 5.75 Å². The summed E-state index contributed by atoms with van der Waals surface area (Å²) in [5.41, 5.74) is 1.91. The van der Waals surface area contributed by atoms with Crippen LogP contribution in [-0.4, -0.2) is 67.7 Å². The molecule has 54 heavy (non-hydrogen) atoms. The molecule has 0 saturated carbocycles. The third-order valence-corrected chi connectivity index (χ3v) is 28.4. The summed E-state index contributed by atoms with van der Waals surface area (Å²) in [6.45, 7) is 47.5. The number of allylic oxidation sites excluding steroid dienone is 1. The molecule has 6 atom stereocenters. The van der Waals surface area contributed by atoms with E-state index in [2.05, 4.69) is 143 Å². The van der Waals surface area contributed by atoms with Crippen molar-refractivity contribution < 1.29 is 27.9 Å². The maximum Gasteiger partial charge on any atom is 0.200 e. The molecule has 1 aromatic rings. The van der Waals surface area contributed by atoms with Crippen molar-refractivity contribution in [3.8, 4) is 5.75 Å². The molecule has 1 aromatic carbocycles. The van der Waals surface area contributed by atoms with Gasteiger partial charge < -0.3 is 27.9 Å². The van der Waals surface area contributed by atoms with E-state index in [9.17, 15) is 5.11 Å². The zero-order valence-corrected chi connectivity index (χ0v) is 42.1. The number of hydrogen-bond donors (Lipinski definition) is 1. The van der Waals surface area contributed by atoms with Crippen LogP contribution in [-0.2, 0) is 24.6 Å². The minimum Gasteiger partial charge on any atom is -0.497 e. The molecule has 0 spiro atoms. The van der Waals surface area contributed by atoms with E-state index in [-0.39, 0.29) is 34.1 Å². The Bertz CT molecular complexity index is 1230. The molecule has 9 heteroatoms. The highest BCUT2D eigenvalue weighted by Crippen LogP contribution is 2.47. The molecule has 0 heterocycles. The molecule has 0 amide bonds. The third-order valence-electron chi connectivity index (χ3n) is 13.1. The fourth-order valence-electron chi connectivity index (χ4n) is 7.42. The predicted octanol–water partition coefficient (Wildman–Crippen LogP) is 13.3. The Hall–Kier alpha value is -0.789. The van der Waals surface area contributed by atoms with Crippen LogP contribution in [0.25, 0.3) is 0 Å². The second-order valence-electron chi connectivity index (χ2n) is 20.8. The van der Waals surface area contributed by atoms with Gasteiger partial charge >= 0.3 is 0 Å². The maximum absolute atomic E-state index is 11.8. The molecule has 0 aliphatic rings. The number of benzene rings is 1. The average molecular weight is 809 g/mol. The van der Waals surface area contributed by atoms with E-state index < -0.39 is 36.7 Å². The number of aliphatic hydroxyl groups is 1. The number of methoxy groups -OCH3 is 1. The molecule has 1 unspecified atom stereocenters. The fraction of sp³-hybridized carbons (Fsp3) is 0.822. The highest BCUT2D eigenvalue weighted by atomic mass is 28.4. The first-order valence-electron chi connectivity index (χ1n) is 21.1. The van der Waals surface area contributed by atoms with E-state index in [0.717, 1.165) is 17.7 Å². The van der Waals surface area contributed by atoms with Crippen molar-refractivity contribution in [2.24, 2.45) is 11.8 Å². The first kappa shape index (κ1) is 51.2. The number of aliphatic hydroxyl groups excluding tert-OH is 1. The molecule has 6 nitrogen and oxygen atoms in total. The lowest BCUT2D eigenvalue weighted by Crippen LogP contribution is -2.56. The van der Waals surface area contributed by atoms with Gasteiger partial charge in [0.2, 0.25) is 8.32 Å². The van der Waals surface area contributed by atoms with Crippen molar-refractivity contribution in [2.45, 2.75) is 213 Å². The van der Waals surface area contributed by atoms with Crippen molar-refractivity contribution in [1.82, 2.24) is 0 Å². The minimum absolute atomic E-state index is 0.0464. The summed E-state index contributed by atoms with van der Waals surface area (Å²) < 4.78 is 33.5. The summed E-state index contributed by atoms with van der Waals surface area (Å²) in [6.07, 6.45) is 5.53. The third kappa shape index (κ3) is 14.9. The quantitative estimate of drug-likeness (QED) is 0.0877. The Balaban J connectivity index is 3.45. The molecule has 1 N–H and O–H groups in total. The van der Waals surface area contributed by atoms with E-state index in [1.807, 2.05) is 30.3 Å². The molecule has 0 saturated heterocycles. The Morgan fingerprint density at radius 1 is 0.704 bits per heavy atom. The van der Waals surface area contributed by atoms with E-state index in [1.54, 1.807) is 7.11 Å². The fourth-order valence-corrected chi connectivity index (χ4v) is 15.9. The molecule has 0 aliphatic heterocycles. The van der Waals surface area contributed by atoms with Gasteiger partial charge in [0.15, 0.2) is 16.6 Å². The lowest BCUT2D eigenvalue weighted by atomic mass is 9.85. The second kappa shape index (κ2) is 20.8. The summed E-state index contributed by atoms with van der Waals surface area (Å²) in [5.74, 6) is 1.23. The smallest absolute Gasteiger partial charge is 0.200 e. The van der Waals surface area contributed by atoms with E-state index in [0.29, 0.717) is 42.7 Å². The van der Waals surface area contributed by atoms with Gasteiger partial charge in [-0.2, -0.15) is 0 Å². The van der Waals surface area contributed by atoms with Crippen LogP contribution in [0.4, 0.5) is 0 Å². The minimum atomic E-state index is -2.30. The van der Waals surface area contributed by atoms with Gasteiger partial charge in [0.25, 0.3) is 0 Å². The van der Waals surface area contributed by atoms with Gasteiger partial charge in [-0.25, -0.2) is 0 Å². The van der Waals surface area contributed by atoms with Crippen molar-refractivity contribution in [2.75, 3.05) is 13.7 Å². The van der Waals surface area contributed by atoms with Gasteiger partial charge in [-0.15, -0.1) is 0 Å². The number of rotatable bonds is 23. The molecule has 0 bridgehead atoms. The first-order valence-corrected chi connectivity index (χ1v) is 29.0. The van der Waals surface area contributed by atoms with Gasteiger partial charge in [-0.3, -0.25) is 0 Å². The van der Waals surface area contributed by atoms with E-state index in [4.69, 9.17) is 22.8 Å². The van der Waals surface area contributed by atoms with Crippen LogP contribution < -0.4 is 4.74 Å². The SMILES string of the molecule is COc1ccc(CO[C@@H](C)C[C@@H](C)/C=C/C(O)C[C@H](C[C@@](C)(O[Si](C)(C)C(C)(C)C)[C@@H](C)CO[Si](C)(C)C(C)(C)C)O[Si](C(C)C)(C(C)C)C(C)C)cc1. The summed E-state index contributed by atoms with van der Waals surface area (Å²) in [5, 5.41) is 11.9. The Morgan fingerprint density at radius 3 is 1.65 bits per heavy atom. The van der Waals surface area contributed by atoms with E-state index in [1.165, 1.54) is 0 Å².